The minimum absolute atomic E-state index is 0.589. The van der Waals surface area contributed by atoms with Gasteiger partial charge in [-0.05, 0) is 26.8 Å². The molecule has 1 unspecified atom stereocenters. The van der Waals surface area contributed by atoms with Crippen LogP contribution in [0.2, 0.25) is 0 Å². The number of hydrogen-bond donors (Lipinski definition) is 1. The van der Waals surface area contributed by atoms with Crippen molar-refractivity contribution in [2.75, 3.05) is 0 Å². The van der Waals surface area contributed by atoms with E-state index in [1.54, 1.807) is 0 Å². The first kappa shape index (κ1) is 11.0. The minimum atomic E-state index is -0.589. The Kier molecular flexibility index (Phi) is 2.84. The molecule has 2 nitrogen and oxygen atoms in total. The number of para-hydroxylation sites is 1. The Morgan fingerprint density at radius 2 is 2.00 bits per heavy atom. The van der Waals surface area contributed by atoms with Gasteiger partial charge in [0, 0.05) is 10.9 Å². The molecule has 2 aromatic rings. The van der Waals surface area contributed by atoms with Gasteiger partial charge in [-0.1, -0.05) is 29.8 Å². The Labute approximate surface area is 95.2 Å². The van der Waals surface area contributed by atoms with Gasteiger partial charge in [0.05, 0.1) is 0 Å². The van der Waals surface area contributed by atoms with E-state index in [9.17, 15) is 5.11 Å². The predicted molar refractivity (Wildman–Crippen MR) is 65.3 cm³/mol. The van der Waals surface area contributed by atoms with Crippen molar-refractivity contribution >= 4 is 11.0 Å². The zero-order valence-electron chi connectivity index (χ0n) is 9.82. The Morgan fingerprint density at radius 1 is 1.31 bits per heavy atom. The summed E-state index contributed by atoms with van der Waals surface area (Å²) in [5, 5.41) is 11.1. The quantitative estimate of drug-likeness (QED) is 0.776. The van der Waals surface area contributed by atoms with Crippen LogP contribution in [0, 0.1) is 6.92 Å². The zero-order valence-corrected chi connectivity index (χ0v) is 9.82. The van der Waals surface area contributed by atoms with Crippen LogP contribution in [0.25, 0.3) is 11.0 Å². The van der Waals surface area contributed by atoms with Crippen LogP contribution < -0.4 is 0 Å². The first-order chi connectivity index (χ1) is 7.59. The first-order valence-corrected chi connectivity index (χ1v) is 5.40. The standard InChI is InChI=1S/C14H16O2/c1-9(2)8-12(15)14-10(3)16-13-7-5-4-6-11(13)14/h4-8,12,15H,1-3H3. The van der Waals surface area contributed by atoms with Crippen LogP contribution in [-0.4, -0.2) is 5.11 Å². The van der Waals surface area contributed by atoms with Gasteiger partial charge < -0.3 is 9.52 Å². The van der Waals surface area contributed by atoms with E-state index >= 15 is 0 Å². The van der Waals surface area contributed by atoms with Gasteiger partial charge in [0.15, 0.2) is 0 Å². The average molecular weight is 216 g/mol. The lowest BCUT2D eigenvalue weighted by molar-refractivity contribution is 0.226. The van der Waals surface area contributed by atoms with Crippen LogP contribution in [0.1, 0.15) is 31.3 Å². The van der Waals surface area contributed by atoms with Gasteiger partial charge in [-0.15, -0.1) is 0 Å². The van der Waals surface area contributed by atoms with Crippen molar-refractivity contribution in [3.05, 3.63) is 47.2 Å². The summed E-state index contributed by atoms with van der Waals surface area (Å²) in [5.74, 6) is 0.784. The van der Waals surface area contributed by atoms with Crippen molar-refractivity contribution in [3.8, 4) is 0 Å². The number of aliphatic hydroxyl groups is 1. The van der Waals surface area contributed by atoms with Crippen LogP contribution in [0.15, 0.2) is 40.3 Å². The van der Waals surface area contributed by atoms with Crippen molar-refractivity contribution in [2.45, 2.75) is 26.9 Å². The molecule has 1 atom stereocenters. The van der Waals surface area contributed by atoms with Crippen LogP contribution >= 0.6 is 0 Å². The molecule has 0 aliphatic rings. The summed E-state index contributed by atoms with van der Waals surface area (Å²) >= 11 is 0. The number of aryl methyl sites for hydroxylation is 1. The second kappa shape index (κ2) is 4.14. The third kappa shape index (κ3) is 1.89. The fraction of sp³-hybridized carbons (Fsp3) is 0.286. The zero-order chi connectivity index (χ0) is 11.7. The molecule has 0 fully saturated rings. The van der Waals surface area contributed by atoms with Crippen molar-refractivity contribution in [1.29, 1.82) is 0 Å². The third-order valence-electron chi connectivity index (χ3n) is 2.61. The molecule has 1 aromatic carbocycles. The average Bonchev–Trinajstić information content (AvgIpc) is 2.52. The fourth-order valence-corrected chi connectivity index (χ4v) is 1.95. The number of fused-ring (bicyclic) bond motifs is 1. The normalized spacial score (nSPS) is 12.8. The topological polar surface area (TPSA) is 33.4 Å². The number of benzene rings is 1. The van der Waals surface area contributed by atoms with E-state index in [0.717, 1.165) is 27.9 Å². The lowest BCUT2D eigenvalue weighted by Crippen LogP contribution is -1.94. The van der Waals surface area contributed by atoms with E-state index in [1.165, 1.54) is 0 Å². The number of rotatable bonds is 2. The van der Waals surface area contributed by atoms with E-state index in [1.807, 2.05) is 51.1 Å². The van der Waals surface area contributed by atoms with Gasteiger partial charge in [-0.3, -0.25) is 0 Å². The van der Waals surface area contributed by atoms with Crippen LogP contribution in [0.4, 0.5) is 0 Å². The molecular weight excluding hydrogens is 200 g/mol. The second-order valence-corrected chi connectivity index (χ2v) is 4.26. The highest BCUT2D eigenvalue weighted by molar-refractivity contribution is 5.82. The van der Waals surface area contributed by atoms with Crippen molar-refractivity contribution in [3.63, 3.8) is 0 Å². The maximum atomic E-state index is 10.1. The maximum Gasteiger partial charge on any atom is 0.134 e. The highest BCUT2D eigenvalue weighted by Crippen LogP contribution is 2.31. The molecule has 1 N–H and O–H groups in total. The SMILES string of the molecule is CC(C)=CC(O)c1c(C)oc2ccccc12. The maximum absolute atomic E-state index is 10.1. The van der Waals surface area contributed by atoms with Gasteiger partial charge in [0.2, 0.25) is 0 Å². The first-order valence-electron chi connectivity index (χ1n) is 5.40. The third-order valence-corrected chi connectivity index (χ3v) is 2.61. The highest BCUT2D eigenvalue weighted by Gasteiger charge is 2.16. The number of hydrogen-bond acceptors (Lipinski definition) is 2. The Balaban J connectivity index is 2.59. The van der Waals surface area contributed by atoms with E-state index in [-0.39, 0.29) is 0 Å². The lowest BCUT2D eigenvalue weighted by Gasteiger charge is -2.05. The van der Waals surface area contributed by atoms with Gasteiger partial charge in [0.1, 0.15) is 17.4 Å². The molecule has 0 bridgehead atoms. The summed E-state index contributed by atoms with van der Waals surface area (Å²) in [5.41, 5.74) is 2.80. The number of furan rings is 1. The summed E-state index contributed by atoms with van der Waals surface area (Å²) < 4.78 is 5.61. The Hall–Kier alpha value is -1.54. The molecule has 2 rings (SSSR count). The number of allylic oxidation sites excluding steroid dienone is 1. The van der Waals surface area contributed by atoms with Gasteiger partial charge in [-0.2, -0.15) is 0 Å². The highest BCUT2D eigenvalue weighted by atomic mass is 16.3. The minimum Gasteiger partial charge on any atom is -0.461 e. The molecule has 1 heterocycles. The molecule has 2 heteroatoms. The second-order valence-electron chi connectivity index (χ2n) is 4.26. The van der Waals surface area contributed by atoms with E-state index in [2.05, 4.69) is 0 Å². The van der Waals surface area contributed by atoms with Crippen LogP contribution in [0.5, 0.6) is 0 Å². The summed E-state index contributed by atoms with van der Waals surface area (Å²) in [6, 6.07) is 7.78. The van der Waals surface area contributed by atoms with Gasteiger partial charge in [-0.25, -0.2) is 0 Å². The molecule has 84 valence electrons. The molecular formula is C14H16O2. The van der Waals surface area contributed by atoms with Gasteiger partial charge >= 0.3 is 0 Å². The molecule has 0 spiro atoms. The molecule has 16 heavy (non-hydrogen) atoms. The van der Waals surface area contributed by atoms with E-state index in [4.69, 9.17) is 4.42 Å². The van der Waals surface area contributed by atoms with Crippen molar-refractivity contribution in [1.82, 2.24) is 0 Å². The van der Waals surface area contributed by atoms with Crippen molar-refractivity contribution in [2.24, 2.45) is 0 Å². The molecule has 0 amide bonds. The van der Waals surface area contributed by atoms with Crippen LogP contribution in [0.3, 0.4) is 0 Å². The fourth-order valence-electron chi connectivity index (χ4n) is 1.95. The van der Waals surface area contributed by atoms with E-state index < -0.39 is 6.10 Å². The summed E-state index contributed by atoms with van der Waals surface area (Å²) in [6.45, 7) is 5.83. The molecule has 0 aliphatic heterocycles. The molecule has 1 aromatic heterocycles. The number of aliphatic hydroxyl groups excluding tert-OH is 1. The van der Waals surface area contributed by atoms with Gasteiger partial charge in [0.25, 0.3) is 0 Å². The molecule has 0 aliphatic carbocycles. The summed E-state index contributed by atoms with van der Waals surface area (Å²) in [7, 11) is 0. The lowest BCUT2D eigenvalue weighted by atomic mass is 10.0. The molecule has 0 saturated heterocycles. The van der Waals surface area contributed by atoms with Crippen molar-refractivity contribution < 1.29 is 9.52 Å². The largest absolute Gasteiger partial charge is 0.461 e. The molecule has 0 saturated carbocycles. The summed E-state index contributed by atoms with van der Waals surface area (Å²) in [6.07, 6.45) is 1.25. The Bertz CT molecular complexity index is 531. The summed E-state index contributed by atoms with van der Waals surface area (Å²) in [4.78, 5) is 0. The Morgan fingerprint density at radius 3 is 2.69 bits per heavy atom. The van der Waals surface area contributed by atoms with Crippen LogP contribution in [-0.2, 0) is 0 Å². The molecule has 0 radical (unpaired) electrons. The monoisotopic (exact) mass is 216 g/mol. The van der Waals surface area contributed by atoms with E-state index in [0.29, 0.717) is 0 Å². The predicted octanol–water partition coefficient (Wildman–Crippen LogP) is 3.74. The smallest absolute Gasteiger partial charge is 0.134 e.